The quantitative estimate of drug-likeness (QED) is 0.609. The molecule has 132 valence electrons. The van der Waals surface area contributed by atoms with Crippen LogP contribution in [0.15, 0.2) is 24.3 Å². The van der Waals surface area contributed by atoms with Gasteiger partial charge in [-0.25, -0.2) is 8.42 Å². The maximum absolute atomic E-state index is 11.9. The molecule has 0 radical (unpaired) electrons. The van der Waals surface area contributed by atoms with E-state index in [2.05, 4.69) is 10.0 Å². The van der Waals surface area contributed by atoms with Crippen molar-refractivity contribution in [3.63, 3.8) is 0 Å². The molecule has 4 N–H and O–H groups in total. The number of benzene rings is 1. The van der Waals surface area contributed by atoms with E-state index in [4.69, 9.17) is 5.73 Å². The Morgan fingerprint density at radius 3 is 2.35 bits per heavy atom. The van der Waals surface area contributed by atoms with Gasteiger partial charge in [0.05, 0.1) is 11.8 Å². The highest BCUT2D eigenvalue weighted by Gasteiger charge is 2.13. The third kappa shape index (κ3) is 8.45. The zero-order valence-electron chi connectivity index (χ0n) is 13.2. The zero-order valence-corrected chi connectivity index (χ0v) is 15.7. The molecule has 0 aromatic heterocycles. The monoisotopic (exact) mass is 381 g/mol. The van der Waals surface area contributed by atoms with Crippen molar-refractivity contribution in [2.75, 3.05) is 27.8 Å². The van der Waals surface area contributed by atoms with E-state index < -0.39 is 16.1 Å². The van der Waals surface area contributed by atoms with Gasteiger partial charge in [0.25, 0.3) is 0 Å². The molecule has 0 fully saturated rings. The fraction of sp³-hybridized carbons (Fsp3) is 0.500. The van der Waals surface area contributed by atoms with Crippen molar-refractivity contribution in [3.8, 4) is 0 Å². The van der Waals surface area contributed by atoms with E-state index >= 15 is 0 Å². The lowest BCUT2D eigenvalue weighted by atomic mass is 10.2. The van der Waals surface area contributed by atoms with Gasteiger partial charge in [0.2, 0.25) is 15.9 Å². The number of nitrogens with two attached hydrogens (primary N) is 1. The van der Waals surface area contributed by atoms with Crippen molar-refractivity contribution < 1.29 is 13.2 Å². The van der Waals surface area contributed by atoms with Gasteiger partial charge in [-0.3, -0.25) is 9.52 Å². The molecule has 9 heteroatoms. The minimum Gasteiger partial charge on any atom is -0.325 e. The number of rotatable bonds is 9. The van der Waals surface area contributed by atoms with Crippen LogP contribution in [-0.2, 0) is 14.8 Å². The summed E-state index contributed by atoms with van der Waals surface area (Å²) in [5.41, 5.74) is 6.84. The van der Waals surface area contributed by atoms with Gasteiger partial charge in [-0.05, 0) is 49.1 Å². The maximum atomic E-state index is 11.9. The molecule has 0 aliphatic carbocycles. The summed E-state index contributed by atoms with van der Waals surface area (Å²) in [5, 5.41) is 2.72. The van der Waals surface area contributed by atoms with Crippen LogP contribution in [0.25, 0.3) is 0 Å². The standard InChI is InChI=1S/C14H23N3O3S2.ClH/c1-3-10-22(19,20)17-12-6-4-11(5-7-12)16-14(18)13(15)8-9-21-2;/h4-7,13,17H,3,8-10,15H2,1-2H3,(H,16,18);1H/t13-;/m0./s1. The Labute approximate surface area is 148 Å². The van der Waals surface area contributed by atoms with E-state index in [9.17, 15) is 13.2 Å². The van der Waals surface area contributed by atoms with E-state index in [1.807, 2.05) is 6.26 Å². The van der Waals surface area contributed by atoms with E-state index in [-0.39, 0.29) is 24.1 Å². The summed E-state index contributed by atoms with van der Waals surface area (Å²) >= 11 is 1.64. The van der Waals surface area contributed by atoms with Crippen LogP contribution in [0.4, 0.5) is 11.4 Å². The van der Waals surface area contributed by atoms with Crippen LogP contribution in [0.2, 0.25) is 0 Å². The number of amides is 1. The first-order valence-corrected chi connectivity index (χ1v) is 10.1. The summed E-state index contributed by atoms with van der Waals surface area (Å²) in [4.78, 5) is 11.9. The summed E-state index contributed by atoms with van der Waals surface area (Å²) in [6.45, 7) is 1.80. The molecule has 1 rings (SSSR count). The van der Waals surface area contributed by atoms with Crippen LogP contribution < -0.4 is 15.8 Å². The second kappa shape index (κ2) is 10.7. The Morgan fingerprint density at radius 2 is 1.83 bits per heavy atom. The average Bonchev–Trinajstić information content (AvgIpc) is 2.46. The number of anilines is 2. The lowest BCUT2D eigenvalue weighted by Crippen LogP contribution is -2.36. The molecule has 0 heterocycles. The van der Waals surface area contributed by atoms with Crippen molar-refractivity contribution in [1.29, 1.82) is 0 Å². The predicted molar refractivity (Wildman–Crippen MR) is 101 cm³/mol. The predicted octanol–water partition coefficient (Wildman–Crippen LogP) is 2.28. The molecule has 1 aromatic carbocycles. The summed E-state index contributed by atoms with van der Waals surface area (Å²) in [6, 6.07) is 5.95. The first kappa shape index (κ1) is 22.0. The number of halogens is 1. The first-order valence-electron chi connectivity index (χ1n) is 7.04. The molecule has 0 aliphatic rings. The fourth-order valence-electron chi connectivity index (χ4n) is 1.73. The van der Waals surface area contributed by atoms with Crippen molar-refractivity contribution in [1.82, 2.24) is 0 Å². The highest BCUT2D eigenvalue weighted by atomic mass is 35.5. The molecule has 0 unspecified atom stereocenters. The highest BCUT2D eigenvalue weighted by Crippen LogP contribution is 2.15. The molecule has 1 amide bonds. The SMILES string of the molecule is CCCS(=O)(=O)Nc1ccc(NC(=O)[C@@H](N)CCSC)cc1.Cl. The van der Waals surface area contributed by atoms with E-state index in [0.29, 0.717) is 24.2 Å². The van der Waals surface area contributed by atoms with Gasteiger partial charge in [-0.15, -0.1) is 12.4 Å². The van der Waals surface area contributed by atoms with Gasteiger partial charge in [0.1, 0.15) is 0 Å². The van der Waals surface area contributed by atoms with Crippen LogP contribution >= 0.6 is 24.2 Å². The van der Waals surface area contributed by atoms with Gasteiger partial charge in [0.15, 0.2) is 0 Å². The number of nitrogens with one attached hydrogen (secondary N) is 2. The van der Waals surface area contributed by atoms with Crippen molar-refractivity contribution in [3.05, 3.63) is 24.3 Å². The molecule has 0 spiro atoms. The largest absolute Gasteiger partial charge is 0.325 e. The second-order valence-corrected chi connectivity index (χ2v) is 7.70. The summed E-state index contributed by atoms with van der Waals surface area (Å²) in [6.07, 6.45) is 3.13. The molecular formula is C14H24ClN3O3S2. The van der Waals surface area contributed by atoms with E-state index in [1.165, 1.54) is 0 Å². The molecular weight excluding hydrogens is 358 g/mol. The van der Waals surface area contributed by atoms with Crippen LogP contribution in [0.1, 0.15) is 19.8 Å². The van der Waals surface area contributed by atoms with Crippen LogP contribution in [0.5, 0.6) is 0 Å². The molecule has 0 bridgehead atoms. The van der Waals surface area contributed by atoms with E-state index in [0.717, 1.165) is 5.75 Å². The minimum atomic E-state index is -3.30. The Bertz CT molecular complexity index is 579. The first-order chi connectivity index (χ1) is 10.4. The van der Waals surface area contributed by atoms with Crippen LogP contribution in [-0.4, -0.2) is 38.1 Å². The third-order valence-electron chi connectivity index (χ3n) is 2.87. The van der Waals surface area contributed by atoms with Gasteiger partial charge in [-0.2, -0.15) is 11.8 Å². The highest BCUT2D eigenvalue weighted by molar-refractivity contribution is 7.98. The van der Waals surface area contributed by atoms with E-state index in [1.54, 1.807) is 43.0 Å². The summed E-state index contributed by atoms with van der Waals surface area (Å²) in [5.74, 6) is 0.663. The molecule has 0 saturated heterocycles. The number of carbonyl (C=O) groups is 1. The number of sulfonamides is 1. The Morgan fingerprint density at radius 1 is 1.26 bits per heavy atom. The Kier molecular flexibility index (Phi) is 10.3. The molecule has 23 heavy (non-hydrogen) atoms. The minimum absolute atomic E-state index is 0. The number of hydrogen-bond donors (Lipinski definition) is 3. The van der Waals surface area contributed by atoms with Crippen molar-refractivity contribution in [2.24, 2.45) is 5.73 Å². The summed E-state index contributed by atoms with van der Waals surface area (Å²) < 4.78 is 25.8. The lowest BCUT2D eigenvalue weighted by Gasteiger charge is -2.12. The second-order valence-electron chi connectivity index (χ2n) is 4.88. The van der Waals surface area contributed by atoms with Crippen LogP contribution in [0, 0.1) is 0 Å². The molecule has 1 aromatic rings. The molecule has 6 nitrogen and oxygen atoms in total. The fourth-order valence-corrected chi connectivity index (χ4v) is 3.36. The Hall–Kier alpha value is -0.960. The zero-order chi connectivity index (χ0) is 16.6. The number of hydrogen-bond acceptors (Lipinski definition) is 5. The molecule has 1 atom stereocenters. The molecule has 0 saturated carbocycles. The van der Waals surface area contributed by atoms with Gasteiger partial charge in [0, 0.05) is 11.4 Å². The van der Waals surface area contributed by atoms with Gasteiger partial charge < -0.3 is 11.1 Å². The topological polar surface area (TPSA) is 101 Å². The number of carbonyl (C=O) groups excluding carboxylic acids is 1. The smallest absolute Gasteiger partial charge is 0.241 e. The molecule has 0 aliphatic heterocycles. The average molecular weight is 382 g/mol. The summed E-state index contributed by atoms with van der Waals surface area (Å²) in [7, 11) is -3.30. The third-order valence-corrected chi connectivity index (χ3v) is 5.00. The Balaban J connectivity index is 0.00000484. The normalized spacial score (nSPS) is 12.1. The number of thioether (sulfide) groups is 1. The maximum Gasteiger partial charge on any atom is 0.241 e. The van der Waals surface area contributed by atoms with Gasteiger partial charge >= 0.3 is 0 Å². The van der Waals surface area contributed by atoms with Crippen LogP contribution in [0.3, 0.4) is 0 Å². The van der Waals surface area contributed by atoms with Crippen molar-refractivity contribution in [2.45, 2.75) is 25.8 Å². The lowest BCUT2D eigenvalue weighted by molar-refractivity contribution is -0.117. The van der Waals surface area contributed by atoms with Gasteiger partial charge in [-0.1, -0.05) is 6.92 Å². The van der Waals surface area contributed by atoms with Crippen molar-refractivity contribution >= 4 is 51.5 Å².